The van der Waals surface area contributed by atoms with E-state index in [0.29, 0.717) is 71.5 Å². The second-order valence-corrected chi connectivity index (χ2v) is 13.3. The molecule has 0 spiro atoms. The zero-order chi connectivity index (χ0) is 35.8. The van der Waals surface area contributed by atoms with Crippen LogP contribution >= 0.6 is 0 Å². The second-order valence-electron chi connectivity index (χ2n) is 13.3. The van der Waals surface area contributed by atoms with Crippen molar-refractivity contribution in [1.29, 1.82) is 5.26 Å². The zero-order valence-corrected chi connectivity index (χ0v) is 29.3. The molecule has 259 valence electrons. The minimum Gasteiger partial charge on any atom is -0.379 e. The summed E-state index contributed by atoms with van der Waals surface area (Å²) >= 11 is 0. The van der Waals surface area contributed by atoms with Crippen molar-refractivity contribution in [3.8, 4) is 17.3 Å². The van der Waals surface area contributed by atoms with E-state index in [1.807, 2.05) is 42.5 Å². The lowest BCUT2D eigenvalue weighted by molar-refractivity contribution is 0.0193. The largest absolute Gasteiger partial charge is 0.379 e. The first-order valence-electron chi connectivity index (χ1n) is 17.2. The molecule has 9 nitrogen and oxygen atoms in total. The minimum absolute atomic E-state index is 0.0835. The fourth-order valence-corrected chi connectivity index (χ4v) is 7.34. The molecule has 0 N–H and O–H groups in total. The Hall–Kier alpha value is -5.50. The van der Waals surface area contributed by atoms with Gasteiger partial charge in [0, 0.05) is 80.2 Å². The van der Waals surface area contributed by atoms with E-state index in [9.17, 15) is 14.9 Å². The summed E-state index contributed by atoms with van der Waals surface area (Å²) in [5, 5.41) is 9.76. The highest BCUT2D eigenvalue weighted by atomic mass is 19.1. The van der Waals surface area contributed by atoms with Gasteiger partial charge in [-0.1, -0.05) is 36.4 Å². The van der Waals surface area contributed by atoms with E-state index in [1.165, 1.54) is 17.7 Å². The first kappa shape index (κ1) is 34.0. The van der Waals surface area contributed by atoms with Gasteiger partial charge in [0.1, 0.15) is 17.6 Å². The van der Waals surface area contributed by atoms with Gasteiger partial charge in [-0.05, 0) is 79.9 Å². The molecular weight excluding hydrogens is 643 g/mol. The number of hydrogen-bond acceptors (Lipinski definition) is 5. The average Bonchev–Trinajstić information content (AvgIpc) is 3.61. The highest BCUT2D eigenvalue weighted by Crippen LogP contribution is 2.36. The molecule has 0 aliphatic carbocycles. The maximum atomic E-state index is 15.1. The van der Waals surface area contributed by atoms with Crippen LogP contribution in [0, 0.1) is 37.1 Å². The smallest absolute Gasteiger partial charge is 0.264 e. The number of aromatic nitrogens is 2. The van der Waals surface area contributed by atoms with Gasteiger partial charge in [-0.25, -0.2) is 4.39 Å². The van der Waals surface area contributed by atoms with Gasteiger partial charge >= 0.3 is 0 Å². The van der Waals surface area contributed by atoms with E-state index in [0.717, 1.165) is 30.8 Å². The number of anilines is 2. The van der Waals surface area contributed by atoms with Crippen LogP contribution in [0.1, 0.15) is 48.9 Å². The molecule has 2 amide bonds. The summed E-state index contributed by atoms with van der Waals surface area (Å²) < 4.78 is 24.3. The van der Waals surface area contributed by atoms with E-state index >= 15 is 4.39 Å². The standard InChI is InChI=1S/C41H40FN6O3/c1-27-36(41(50)48(32-12-6-5-7-13-32)38-22-33(24-43)44(3)28(38)2)23-39(45(27)4)37-21-31(42)14-15-35(37)40(49)47-25-30-11-9-8-10-29(30)20-34(47)26-46-16-18-51-19-17-46/h6-15,21-23,34H,16-20,25-26H2,1-4H3/t34-/m0/s1. The van der Waals surface area contributed by atoms with Crippen molar-refractivity contribution >= 4 is 23.2 Å². The molecule has 3 aromatic carbocycles. The Morgan fingerprint density at radius 3 is 2.37 bits per heavy atom. The van der Waals surface area contributed by atoms with Gasteiger partial charge in [0.05, 0.1) is 24.5 Å². The lowest BCUT2D eigenvalue weighted by atomic mass is 9.92. The molecule has 0 saturated carbocycles. The molecule has 10 heteroatoms. The second kappa shape index (κ2) is 14.0. The van der Waals surface area contributed by atoms with Crippen molar-refractivity contribution in [3.05, 3.63) is 130 Å². The predicted molar refractivity (Wildman–Crippen MR) is 193 cm³/mol. The molecule has 0 unspecified atom stereocenters. The molecule has 51 heavy (non-hydrogen) atoms. The molecule has 1 radical (unpaired) electrons. The number of nitriles is 1. The Morgan fingerprint density at radius 2 is 1.67 bits per heavy atom. The van der Waals surface area contributed by atoms with E-state index in [-0.39, 0.29) is 17.9 Å². The van der Waals surface area contributed by atoms with Crippen molar-refractivity contribution in [2.24, 2.45) is 14.1 Å². The van der Waals surface area contributed by atoms with Gasteiger partial charge in [0.2, 0.25) is 0 Å². The lowest BCUT2D eigenvalue weighted by Gasteiger charge is -2.40. The van der Waals surface area contributed by atoms with Crippen LogP contribution in [0.5, 0.6) is 0 Å². The van der Waals surface area contributed by atoms with Crippen LogP contribution in [0.25, 0.3) is 11.3 Å². The zero-order valence-electron chi connectivity index (χ0n) is 29.3. The Morgan fingerprint density at radius 1 is 0.941 bits per heavy atom. The fourth-order valence-electron chi connectivity index (χ4n) is 7.34. The summed E-state index contributed by atoms with van der Waals surface area (Å²) in [7, 11) is 3.61. The first-order chi connectivity index (χ1) is 24.7. The quantitative estimate of drug-likeness (QED) is 0.200. The summed E-state index contributed by atoms with van der Waals surface area (Å²) in [5.74, 6) is -0.981. The molecule has 2 aliphatic rings. The monoisotopic (exact) mass is 683 g/mol. The van der Waals surface area contributed by atoms with Gasteiger partial charge in [0.15, 0.2) is 0 Å². The summed E-state index contributed by atoms with van der Waals surface area (Å²) in [6.07, 6.45) is 0.719. The third-order valence-electron chi connectivity index (χ3n) is 10.5. The highest BCUT2D eigenvalue weighted by molar-refractivity contribution is 6.13. The van der Waals surface area contributed by atoms with E-state index in [2.05, 4.69) is 29.2 Å². The maximum absolute atomic E-state index is 15.1. The van der Waals surface area contributed by atoms with E-state index in [4.69, 9.17) is 4.74 Å². The number of morpholine rings is 1. The van der Waals surface area contributed by atoms with Crippen LogP contribution in [-0.4, -0.2) is 69.6 Å². The van der Waals surface area contributed by atoms with Crippen molar-refractivity contribution in [2.75, 3.05) is 37.7 Å². The van der Waals surface area contributed by atoms with Crippen molar-refractivity contribution < 1.29 is 18.7 Å². The molecule has 1 fully saturated rings. The SMILES string of the molecule is Cc1c(N(C(=O)c2cc(-c3cc(F)ccc3C(=O)N3Cc4ccccc4C[C@H]3CN3CCOCC3)n(C)c2C)c2cc[c]cc2)cc(C#N)n1C. The topological polar surface area (TPSA) is 86.7 Å². The number of fused-ring (bicyclic) bond motifs is 1. The third kappa shape index (κ3) is 6.35. The van der Waals surface area contributed by atoms with Crippen molar-refractivity contribution in [2.45, 2.75) is 32.9 Å². The van der Waals surface area contributed by atoms with Gasteiger partial charge in [0.25, 0.3) is 11.8 Å². The number of rotatable bonds is 7. The average molecular weight is 684 g/mol. The van der Waals surface area contributed by atoms with Crippen LogP contribution in [0.3, 0.4) is 0 Å². The molecule has 1 saturated heterocycles. The molecule has 0 bridgehead atoms. The summed E-state index contributed by atoms with van der Waals surface area (Å²) in [6, 6.07) is 28.1. The molecule has 2 aromatic heterocycles. The Kier molecular flexibility index (Phi) is 9.34. The van der Waals surface area contributed by atoms with Crippen LogP contribution in [0.2, 0.25) is 0 Å². The van der Waals surface area contributed by atoms with Gasteiger partial charge in [-0.2, -0.15) is 5.26 Å². The Balaban J connectivity index is 1.29. The summed E-state index contributed by atoms with van der Waals surface area (Å²) in [6.45, 7) is 7.80. The van der Waals surface area contributed by atoms with E-state index in [1.54, 1.807) is 59.0 Å². The van der Waals surface area contributed by atoms with Crippen LogP contribution < -0.4 is 4.90 Å². The first-order valence-corrected chi connectivity index (χ1v) is 17.2. The van der Waals surface area contributed by atoms with Gasteiger partial charge in [-0.15, -0.1) is 0 Å². The van der Waals surface area contributed by atoms with Crippen molar-refractivity contribution in [3.63, 3.8) is 0 Å². The number of halogens is 1. The normalized spacial score (nSPS) is 16.1. The molecular formula is C41H40FN6O3. The molecule has 7 rings (SSSR count). The number of benzene rings is 3. The number of ether oxygens (including phenoxy) is 1. The van der Waals surface area contributed by atoms with Crippen LogP contribution in [-0.2, 0) is 31.8 Å². The summed E-state index contributed by atoms with van der Waals surface area (Å²) in [4.78, 5) is 35.2. The number of carbonyl (C=O) groups excluding carboxylic acids is 2. The third-order valence-corrected chi connectivity index (χ3v) is 10.5. The van der Waals surface area contributed by atoms with Crippen LogP contribution in [0.4, 0.5) is 15.8 Å². The lowest BCUT2D eigenvalue weighted by Crippen LogP contribution is -2.52. The van der Waals surface area contributed by atoms with Gasteiger partial charge < -0.3 is 18.8 Å². The minimum atomic E-state index is -0.478. The number of nitrogens with zero attached hydrogens (tertiary/aromatic N) is 6. The number of carbonyl (C=O) groups is 2. The molecule has 1 atom stereocenters. The molecule has 5 aromatic rings. The predicted octanol–water partition coefficient (Wildman–Crippen LogP) is 6.34. The molecule has 4 heterocycles. The van der Waals surface area contributed by atoms with Crippen LogP contribution in [0.15, 0.2) is 78.9 Å². The fraction of sp³-hybridized carbons (Fsp3) is 0.293. The number of hydrogen-bond donors (Lipinski definition) is 0. The maximum Gasteiger partial charge on any atom is 0.264 e. The molecule has 2 aliphatic heterocycles. The summed E-state index contributed by atoms with van der Waals surface area (Å²) in [5.41, 5.74) is 7.06. The van der Waals surface area contributed by atoms with Gasteiger partial charge in [-0.3, -0.25) is 19.4 Å². The highest BCUT2D eigenvalue weighted by Gasteiger charge is 2.34. The Bertz CT molecular complexity index is 2160. The Labute approximate surface area is 297 Å². The van der Waals surface area contributed by atoms with E-state index < -0.39 is 5.82 Å². The number of amides is 2. The van der Waals surface area contributed by atoms with Crippen molar-refractivity contribution in [1.82, 2.24) is 18.9 Å².